The molecule has 0 aliphatic heterocycles. The number of hydrogen-bond acceptors (Lipinski definition) is 4. The van der Waals surface area contributed by atoms with Crippen LogP contribution in [-0.4, -0.2) is 36.4 Å². The molecule has 3 aromatic rings. The van der Waals surface area contributed by atoms with Gasteiger partial charge in [0.05, 0.1) is 6.04 Å². The van der Waals surface area contributed by atoms with Crippen LogP contribution in [0.4, 0.5) is 0 Å². The summed E-state index contributed by atoms with van der Waals surface area (Å²) in [7, 11) is 0. The average Bonchev–Trinajstić information content (AvgIpc) is 3.38. The van der Waals surface area contributed by atoms with Crippen molar-refractivity contribution in [2.24, 2.45) is 0 Å². The number of nitrogens with zero attached hydrogens (tertiary/aromatic N) is 5. The quantitative estimate of drug-likeness (QED) is 0.628. The summed E-state index contributed by atoms with van der Waals surface area (Å²) in [4.78, 5) is 23.9. The highest BCUT2D eigenvalue weighted by Gasteiger charge is 2.36. The lowest BCUT2D eigenvalue weighted by molar-refractivity contribution is -0.134. The van der Waals surface area contributed by atoms with Crippen LogP contribution in [0.2, 0.25) is 5.02 Å². The Morgan fingerprint density at radius 2 is 2.00 bits per heavy atom. The third kappa shape index (κ3) is 3.61. The fourth-order valence-corrected chi connectivity index (χ4v) is 3.99. The van der Waals surface area contributed by atoms with E-state index in [-0.39, 0.29) is 11.9 Å². The van der Waals surface area contributed by atoms with Gasteiger partial charge in [0.1, 0.15) is 6.33 Å². The highest BCUT2D eigenvalue weighted by atomic mass is 35.5. The summed E-state index contributed by atoms with van der Waals surface area (Å²) >= 11 is 6.02. The van der Waals surface area contributed by atoms with Gasteiger partial charge in [0.25, 0.3) is 5.78 Å². The molecule has 0 saturated heterocycles. The van der Waals surface area contributed by atoms with Gasteiger partial charge in [-0.15, -0.1) is 0 Å². The molecule has 1 unspecified atom stereocenters. The van der Waals surface area contributed by atoms with E-state index in [1.165, 1.54) is 6.33 Å². The van der Waals surface area contributed by atoms with Crippen molar-refractivity contribution in [3.8, 4) is 0 Å². The number of aryl methyl sites for hydroxylation is 2. The van der Waals surface area contributed by atoms with Gasteiger partial charge in [-0.05, 0) is 63.3 Å². The lowest BCUT2D eigenvalue weighted by Crippen LogP contribution is -2.35. The highest BCUT2D eigenvalue weighted by Crippen LogP contribution is 2.35. The van der Waals surface area contributed by atoms with Crippen LogP contribution in [0.25, 0.3) is 5.78 Å². The summed E-state index contributed by atoms with van der Waals surface area (Å²) in [6.07, 6.45) is 4.77. The summed E-state index contributed by atoms with van der Waals surface area (Å²) < 4.78 is 1.74. The largest absolute Gasteiger partial charge is 0.333 e. The minimum absolute atomic E-state index is 0.0374. The molecular formula is C21H24ClN5O. The maximum atomic E-state index is 13.2. The lowest BCUT2D eigenvalue weighted by Gasteiger charge is -2.30. The van der Waals surface area contributed by atoms with Crippen molar-refractivity contribution < 1.29 is 4.79 Å². The second kappa shape index (κ2) is 7.51. The number of benzene rings is 1. The Morgan fingerprint density at radius 1 is 1.29 bits per heavy atom. The second-order valence-corrected chi connectivity index (χ2v) is 7.93. The van der Waals surface area contributed by atoms with Gasteiger partial charge in [0, 0.05) is 28.9 Å². The number of rotatable bonds is 6. The SMILES string of the molecule is Cc1nc2ncnn2c(C)c1CCC(=O)N(C1CC1)C(C)c1ccc(Cl)cc1. The van der Waals surface area contributed by atoms with Crippen molar-refractivity contribution in [2.75, 3.05) is 0 Å². The molecule has 1 amide bonds. The molecule has 2 aromatic heterocycles. The molecule has 1 fully saturated rings. The number of fused-ring (bicyclic) bond motifs is 1. The molecule has 0 bridgehead atoms. The first-order chi connectivity index (χ1) is 13.5. The molecular weight excluding hydrogens is 374 g/mol. The van der Waals surface area contributed by atoms with E-state index < -0.39 is 0 Å². The van der Waals surface area contributed by atoms with Gasteiger partial charge in [-0.25, -0.2) is 9.50 Å². The molecule has 28 heavy (non-hydrogen) atoms. The first-order valence-corrected chi connectivity index (χ1v) is 10.1. The predicted octanol–water partition coefficient (Wildman–Crippen LogP) is 4.08. The van der Waals surface area contributed by atoms with E-state index in [2.05, 4.69) is 26.9 Å². The molecule has 1 aliphatic rings. The van der Waals surface area contributed by atoms with Crippen LogP contribution in [0, 0.1) is 13.8 Å². The maximum Gasteiger partial charge on any atom is 0.252 e. The van der Waals surface area contributed by atoms with Gasteiger partial charge in [-0.2, -0.15) is 10.1 Å². The zero-order valence-electron chi connectivity index (χ0n) is 16.4. The highest BCUT2D eigenvalue weighted by molar-refractivity contribution is 6.30. The summed E-state index contributed by atoms with van der Waals surface area (Å²) in [5, 5.41) is 4.94. The monoisotopic (exact) mass is 397 g/mol. The molecule has 1 saturated carbocycles. The number of hydrogen-bond donors (Lipinski definition) is 0. The molecule has 0 spiro atoms. The van der Waals surface area contributed by atoms with Gasteiger partial charge in [0.15, 0.2) is 0 Å². The van der Waals surface area contributed by atoms with E-state index in [0.29, 0.717) is 29.7 Å². The fourth-order valence-electron chi connectivity index (χ4n) is 3.87. The molecule has 6 nitrogen and oxygen atoms in total. The van der Waals surface area contributed by atoms with E-state index >= 15 is 0 Å². The van der Waals surface area contributed by atoms with Gasteiger partial charge in [-0.3, -0.25) is 4.79 Å². The van der Waals surface area contributed by atoms with Crippen molar-refractivity contribution in [1.82, 2.24) is 24.5 Å². The Hall–Kier alpha value is -2.47. The minimum atomic E-state index is 0.0374. The summed E-state index contributed by atoms with van der Waals surface area (Å²) in [6.45, 7) is 6.07. The Kier molecular flexibility index (Phi) is 5.06. The van der Waals surface area contributed by atoms with E-state index in [9.17, 15) is 4.79 Å². The number of amides is 1. The summed E-state index contributed by atoms with van der Waals surface area (Å²) in [5.41, 5.74) is 4.09. The number of carbonyl (C=O) groups excluding carboxylic acids is 1. The number of halogens is 1. The lowest BCUT2D eigenvalue weighted by atomic mass is 10.0. The average molecular weight is 398 g/mol. The second-order valence-electron chi connectivity index (χ2n) is 7.49. The minimum Gasteiger partial charge on any atom is -0.333 e. The van der Waals surface area contributed by atoms with Crippen LogP contribution in [0.3, 0.4) is 0 Å². The smallest absolute Gasteiger partial charge is 0.252 e. The van der Waals surface area contributed by atoms with Crippen molar-refractivity contribution in [3.05, 3.63) is 58.1 Å². The molecule has 4 rings (SSSR count). The fraction of sp³-hybridized carbons (Fsp3) is 0.429. The van der Waals surface area contributed by atoms with Crippen molar-refractivity contribution in [3.63, 3.8) is 0 Å². The summed E-state index contributed by atoms with van der Waals surface area (Å²) in [6, 6.07) is 8.16. The maximum absolute atomic E-state index is 13.2. The van der Waals surface area contributed by atoms with Crippen LogP contribution >= 0.6 is 11.6 Å². The van der Waals surface area contributed by atoms with Crippen molar-refractivity contribution in [2.45, 2.75) is 58.5 Å². The van der Waals surface area contributed by atoms with E-state index in [0.717, 1.165) is 35.4 Å². The third-order valence-electron chi connectivity index (χ3n) is 5.58. The molecule has 1 atom stereocenters. The summed E-state index contributed by atoms with van der Waals surface area (Å²) in [5.74, 6) is 0.781. The Morgan fingerprint density at radius 3 is 2.68 bits per heavy atom. The van der Waals surface area contributed by atoms with Crippen LogP contribution in [0.15, 0.2) is 30.6 Å². The molecule has 2 heterocycles. The van der Waals surface area contributed by atoms with Crippen molar-refractivity contribution >= 4 is 23.3 Å². The Balaban J connectivity index is 1.52. The molecule has 146 valence electrons. The number of aromatic nitrogens is 4. The van der Waals surface area contributed by atoms with Gasteiger partial charge in [-0.1, -0.05) is 23.7 Å². The third-order valence-corrected chi connectivity index (χ3v) is 5.83. The topological polar surface area (TPSA) is 63.4 Å². The molecule has 7 heteroatoms. The normalized spacial score (nSPS) is 15.0. The van der Waals surface area contributed by atoms with Crippen LogP contribution < -0.4 is 0 Å². The predicted molar refractivity (Wildman–Crippen MR) is 108 cm³/mol. The van der Waals surface area contributed by atoms with Crippen LogP contribution in [0.5, 0.6) is 0 Å². The zero-order valence-corrected chi connectivity index (χ0v) is 17.1. The van der Waals surface area contributed by atoms with E-state index in [1.807, 2.05) is 38.1 Å². The van der Waals surface area contributed by atoms with Crippen molar-refractivity contribution in [1.29, 1.82) is 0 Å². The standard InChI is InChI=1S/C21H24ClN5O/c1-13-19(15(3)27-21(25-13)23-12-24-27)10-11-20(28)26(18-8-9-18)14(2)16-4-6-17(22)7-5-16/h4-7,12,14,18H,8-11H2,1-3H3. The van der Waals surface area contributed by atoms with Gasteiger partial charge in [0.2, 0.25) is 5.91 Å². The Bertz CT molecular complexity index is 1010. The molecule has 1 aromatic carbocycles. The van der Waals surface area contributed by atoms with E-state index in [1.54, 1.807) is 4.52 Å². The number of carbonyl (C=O) groups is 1. The molecule has 0 radical (unpaired) electrons. The first-order valence-electron chi connectivity index (χ1n) is 9.68. The molecule has 0 N–H and O–H groups in total. The van der Waals surface area contributed by atoms with Crippen LogP contribution in [-0.2, 0) is 11.2 Å². The zero-order chi connectivity index (χ0) is 19.8. The first kappa shape index (κ1) is 18.9. The molecule has 1 aliphatic carbocycles. The van der Waals surface area contributed by atoms with E-state index in [4.69, 9.17) is 11.6 Å². The van der Waals surface area contributed by atoms with Gasteiger partial charge >= 0.3 is 0 Å². The van der Waals surface area contributed by atoms with Crippen LogP contribution in [0.1, 0.15) is 54.7 Å². The van der Waals surface area contributed by atoms with Gasteiger partial charge < -0.3 is 4.90 Å². The Labute approximate surface area is 169 Å².